The zero-order chi connectivity index (χ0) is 12.6. The minimum Gasteiger partial charge on any atom is -0.454 e. The maximum Gasteiger partial charge on any atom is 0.231 e. The summed E-state index contributed by atoms with van der Waals surface area (Å²) >= 11 is 0. The molecule has 1 aromatic rings. The first-order chi connectivity index (χ1) is 8.65. The highest BCUT2D eigenvalue weighted by Crippen LogP contribution is 2.33. The first kappa shape index (κ1) is 11.8. The van der Waals surface area contributed by atoms with Gasteiger partial charge in [-0.15, -0.1) is 0 Å². The summed E-state index contributed by atoms with van der Waals surface area (Å²) in [5.74, 6) is 1.72. The van der Waals surface area contributed by atoms with Gasteiger partial charge in [-0.2, -0.15) is 0 Å². The third-order valence-corrected chi connectivity index (χ3v) is 3.70. The van der Waals surface area contributed by atoms with Crippen LogP contribution in [0.5, 0.6) is 11.5 Å². The number of rotatable bonds is 5. The Balaban J connectivity index is 1.53. The summed E-state index contributed by atoms with van der Waals surface area (Å²) < 4.78 is 10.7. The van der Waals surface area contributed by atoms with E-state index in [1.54, 1.807) is 0 Å². The molecule has 0 bridgehead atoms. The van der Waals surface area contributed by atoms with E-state index < -0.39 is 0 Å². The van der Waals surface area contributed by atoms with Crippen LogP contribution >= 0.6 is 0 Å². The molecule has 0 unspecified atom stereocenters. The van der Waals surface area contributed by atoms with Gasteiger partial charge >= 0.3 is 0 Å². The molecular weight excluding hydrogens is 228 g/mol. The fourth-order valence-electron chi connectivity index (χ4n) is 2.35. The topological polar surface area (TPSA) is 47.7 Å². The second kappa shape index (κ2) is 4.44. The van der Waals surface area contributed by atoms with Gasteiger partial charge in [0.25, 0.3) is 0 Å². The van der Waals surface area contributed by atoms with Crippen molar-refractivity contribution in [3.05, 3.63) is 23.8 Å². The van der Waals surface area contributed by atoms with E-state index in [1.165, 1.54) is 18.4 Å². The standard InChI is InChI=1S/C14H20N2O2/c1-16(9-14(15)5-6-14)7-4-11-2-3-12-13(8-11)18-10-17-12/h2-3,8H,4-7,9-10,15H2,1H3. The van der Waals surface area contributed by atoms with Crippen molar-refractivity contribution in [2.45, 2.75) is 24.8 Å². The fraction of sp³-hybridized carbons (Fsp3) is 0.571. The van der Waals surface area contributed by atoms with Gasteiger partial charge in [0, 0.05) is 18.6 Å². The van der Waals surface area contributed by atoms with Crippen LogP contribution in [-0.2, 0) is 6.42 Å². The van der Waals surface area contributed by atoms with Crippen molar-refractivity contribution in [3.63, 3.8) is 0 Å². The number of ether oxygens (including phenoxy) is 2. The molecule has 4 heteroatoms. The molecular formula is C14H20N2O2. The van der Waals surface area contributed by atoms with Crippen molar-refractivity contribution >= 4 is 0 Å². The molecule has 18 heavy (non-hydrogen) atoms. The largest absolute Gasteiger partial charge is 0.454 e. The van der Waals surface area contributed by atoms with Crippen LogP contribution in [0.1, 0.15) is 18.4 Å². The summed E-state index contributed by atoms with van der Waals surface area (Å²) in [5, 5.41) is 0. The highest BCUT2D eigenvalue weighted by atomic mass is 16.7. The van der Waals surface area contributed by atoms with E-state index in [9.17, 15) is 0 Å². The molecule has 1 aliphatic carbocycles. The van der Waals surface area contributed by atoms with Crippen LogP contribution < -0.4 is 15.2 Å². The Kier molecular flexibility index (Phi) is 2.92. The Morgan fingerprint density at radius 1 is 1.28 bits per heavy atom. The van der Waals surface area contributed by atoms with Crippen molar-refractivity contribution < 1.29 is 9.47 Å². The Hall–Kier alpha value is -1.26. The maximum atomic E-state index is 6.11. The Labute approximate surface area is 108 Å². The highest BCUT2D eigenvalue weighted by Gasteiger charge is 2.38. The SMILES string of the molecule is CN(CCc1ccc2c(c1)OCO2)CC1(N)CC1. The van der Waals surface area contributed by atoms with Crippen molar-refractivity contribution in [2.24, 2.45) is 5.73 Å². The van der Waals surface area contributed by atoms with Gasteiger partial charge in [-0.1, -0.05) is 6.07 Å². The number of fused-ring (bicyclic) bond motifs is 1. The molecule has 3 rings (SSSR count). The first-order valence-corrected chi connectivity index (χ1v) is 6.51. The molecule has 2 N–H and O–H groups in total. The van der Waals surface area contributed by atoms with Gasteiger partial charge in [0.2, 0.25) is 6.79 Å². The molecule has 98 valence electrons. The van der Waals surface area contributed by atoms with Crippen LogP contribution in [-0.4, -0.2) is 37.4 Å². The zero-order valence-electron chi connectivity index (χ0n) is 10.8. The summed E-state index contributed by atoms with van der Waals surface area (Å²) in [6.07, 6.45) is 3.35. The minimum atomic E-state index is 0.101. The molecule has 1 aliphatic heterocycles. The molecule has 4 nitrogen and oxygen atoms in total. The number of likely N-dealkylation sites (N-methyl/N-ethyl adjacent to an activating group) is 1. The monoisotopic (exact) mass is 248 g/mol. The van der Waals surface area contributed by atoms with E-state index in [-0.39, 0.29) is 5.54 Å². The van der Waals surface area contributed by atoms with Crippen LogP contribution in [0.2, 0.25) is 0 Å². The lowest BCUT2D eigenvalue weighted by molar-refractivity contribution is 0.174. The smallest absolute Gasteiger partial charge is 0.231 e. The number of hydrogen-bond donors (Lipinski definition) is 1. The van der Waals surface area contributed by atoms with Crippen LogP contribution in [0, 0.1) is 0 Å². The van der Waals surface area contributed by atoms with Crippen LogP contribution in [0.4, 0.5) is 0 Å². The summed E-state index contributed by atoms with van der Waals surface area (Å²) in [6, 6.07) is 6.17. The number of benzene rings is 1. The molecule has 0 atom stereocenters. The van der Waals surface area contributed by atoms with Gasteiger partial charge in [-0.3, -0.25) is 0 Å². The predicted molar refractivity (Wildman–Crippen MR) is 69.9 cm³/mol. The third-order valence-electron chi connectivity index (χ3n) is 3.70. The summed E-state index contributed by atoms with van der Waals surface area (Å²) in [4.78, 5) is 2.32. The number of nitrogens with zero attached hydrogens (tertiary/aromatic N) is 1. The van der Waals surface area contributed by atoms with Gasteiger partial charge in [0.1, 0.15) is 0 Å². The maximum absolute atomic E-state index is 6.11. The highest BCUT2D eigenvalue weighted by molar-refractivity contribution is 5.44. The van der Waals surface area contributed by atoms with Crippen LogP contribution in [0.25, 0.3) is 0 Å². The average molecular weight is 248 g/mol. The normalized spacial score (nSPS) is 19.3. The Morgan fingerprint density at radius 3 is 2.83 bits per heavy atom. The van der Waals surface area contributed by atoms with Crippen molar-refractivity contribution in [2.75, 3.05) is 26.9 Å². The van der Waals surface area contributed by atoms with Gasteiger partial charge in [0.15, 0.2) is 11.5 Å². The summed E-state index contributed by atoms with van der Waals surface area (Å²) in [7, 11) is 2.14. The van der Waals surface area contributed by atoms with E-state index in [4.69, 9.17) is 15.2 Å². The predicted octanol–water partition coefficient (Wildman–Crippen LogP) is 1.38. The summed E-state index contributed by atoms with van der Waals surface area (Å²) in [6.45, 7) is 2.37. The van der Waals surface area contributed by atoms with Gasteiger partial charge in [-0.25, -0.2) is 0 Å². The molecule has 1 aromatic carbocycles. The van der Waals surface area contributed by atoms with E-state index in [0.29, 0.717) is 6.79 Å². The van der Waals surface area contributed by atoms with Gasteiger partial charge < -0.3 is 20.1 Å². The molecule has 0 saturated heterocycles. The molecule has 0 aromatic heterocycles. The lowest BCUT2D eigenvalue weighted by Crippen LogP contribution is -2.38. The van der Waals surface area contributed by atoms with E-state index in [0.717, 1.165) is 31.0 Å². The molecule has 1 saturated carbocycles. The Bertz CT molecular complexity index is 443. The quantitative estimate of drug-likeness (QED) is 0.855. The molecule has 0 spiro atoms. The van der Waals surface area contributed by atoms with E-state index >= 15 is 0 Å². The lowest BCUT2D eigenvalue weighted by Gasteiger charge is -2.20. The second-order valence-corrected chi connectivity index (χ2v) is 5.54. The molecule has 0 radical (unpaired) electrons. The first-order valence-electron chi connectivity index (χ1n) is 6.51. The fourth-order valence-corrected chi connectivity index (χ4v) is 2.35. The van der Waals surface area contributed by atoms with Crippen molar-refractivity contribution in [3.8, 4) is 11.5 Å². The van der Waals surface area contributed by atoms with Crippen LogP contribution in [0.15, 0.2) is 18.2 Å². The molecule has 0 amide bonds. The number of hydrogen-bond acceptors (Lipinski definition) is 4. The van der Waals surface area contributed by atoms with E-state index in [2.05, 4.69) is 24.1 Å². The van der Waals surface area contributed by atoms with Crippen molar-refractivity contribution in [1.82, 2.24) is 4.90 Å². The molecule has 1 fully saturated rings. The number of nitrogens with two attached hydrogens (primary N) is 1. The molecule has 2 aliphatic rings. The van der Waals surface area contributed by atoms with E-state index in [1.807, 2.05) is 6.07 Å². The van der Waals surface area contributed by atoms with Crippen LogP contribution in [0.3, 0.4) is 0 Å². The Morgan fingerprint density at radius 2 is 2.06 bits per heavy atom. The van der Waals surface area contributed by atoms with Gasteiger partial charge in [-0.05, 0) is 44.0 Å². The third kappa shape index (κ3) is 2.60. The second-order valence-electron chi connectivity index (χ2n) is 5.54. The summed E-state index contributed by atoms with van der Waals surface area (Å²) in [5.41, 5.74) is 7.50. The lowest BCUT2D eigenvalue weighted by atomic mass is 10.1. The van der Waals surface area contributed by atoms with Gasteiger partial charge in [0.05, 0.1) is 0 Å². The zero-order valence-corrected chi connectivity index (χ0v) is 10.8. The van der Waals surface area contributed by atoms with Crippen molar-refractivity contribution in [1.29, 1.82) is 0 Å². The molecule has 1 heterocycles. The minimum absolute atomic E-state index is 0.101. The average Bonchev–Trinajstić information content (AvgIpc) is 2.91.